The van der Waals surface area contributed by atoms with Crippen LogP contribution in [0.2, 0.25) is 0 Å². The number of anilines is 5. The summed E-state index contributed by atoms with van der Waals surface area (Å²) in [5.41, 5.74) is 23.9. The van der Waals surface area contributed by atoms with E-state index in [2.05, 4.69) is 264 Å². The van der Waals surface area contributed by atoms with Crippen molar-refractivity contribution >= 4 is 101 Å². The third kappa shape index (κ3) is 5.87. The predicted molar refractivity (Wildman–Crippen MR) is 314 cm³/mol. The molecule has 0 unspecified atom stereocenters. The van der Waals surface area contributed by atoms with E-state index in [0.717, 1.165) is 50.4 Å². The van der Waals surface area contributed by atoms with Crippen molar-refractivity contribution in [1.29, 1.82) is 0 Å². The molecule has 0 spiro atoms. The first-order valence-electron chi connectivity index (χ1n) is 26.4. The van der Waals surface area contributed by atoms with Crippen molar-refractivity contribution in [3.05, 3.63) is 216 Å². The van der Waals surface area contributed by atoms with Gasteiger partial charge in [-0.3, -0.25) is 0 Å². The van der Waals surface area contributed by atoms with Crippen molar-refractivity contribution in [2.24, 2.45) is 0 Å². The Morgan fingerprint density at radius 2 is 1.14 bits per heavy atom. The van der Waals surface area contributed by atoms with E-state index in [-0.39, 0.29) is 23.1 Å². The van der Waals surface area contributed by atoms with Crippen LogP contribution in [0.4, 0.5) is 28.4 Å². The van der Waals surface area contributed by atoms with Gasteiger partial charge in [-0.1, -0.05) is 189 Å². The summed E-state index contributed by atoms with van der Waals surface area (Å²) in [4.78, 5) is 5.11. The van der Waals surface area contributed by atoms with Gasteiger partial charge in [0.15, 0.2) is 5.58 Å². The number of para-hydroxylation sites is 3. The molecule has 0 N–H and O–H groups in total. The number of nitrogens with zero attached hydrogens (tertiary/aromatic N) is 3. The highest BCUT2D eigenvalue weighted by Crippen LogP contribution is 2.57. The minimum absolute atomic E-state index is 0.0196. The van der Waals surface area contributed by atoms with Gasteiger partial charge in [0.05, 0.1) is 22.4 Å². The van der Waals surface area contributed by atoms with Crippen LogP contribution in [0.5, 0.6) is 0 Å². The molecule has 0 fully saturated rings. The Balaban J connectivity index is 1.09. The fourth-order valence-electron chi connectivity index (χ4n) is 13.4. The van der Waals surface area contributed by atoms with Gasteiger partial charge in [-0.25, -0.2) is 0 Å². The van der Waals surface area contributed by atoms with E-state index in [1.165, 1.54) is 93.7 Å². The van der Waals surface area contributed by atoms with Crippen molar-refractivity contribution in [3.8, 4) is 27.9 Å². The maximum absolute atomic E-state index is 7.10. The third-order valence-electron chi connectivity index (χ3n) is 17.1. The Morgan fingerprint density at radius 3 is 1.88 bits per heavy atom. The summed E-state index contributed by atoms with van der Waals surface area (Å²) in [6.45, 7) is 18.4. The van der Waals surface area contributed by atoms with Crippen LogP contribution in [-0.4, -0.2) is 11.4 Å². The van der Waals surface area contributed by atoms with Gasteiger partial charge in [-0.15, -0.1) is 0 Å². The highest BCUT2D eigenvalue weighted by Gasteiger charge is 2.49. The van der Waals surface area contributed by atoms with Crippen molar-refractivity contribution in [1.82, 2.24) is 4.57 Å². The van der Waals surface area contributed by atoms with Crippen LogP contribution in [0.15, 0.2) is 199 Å². The maximum atomic E-state index is 7.10. The lowest BCUT2D eigenvalue weighted by Crippen LogP contribution is -2.60. The molecule has 4 nitrogen and oxygen atoms in total. The van der Waals surface area contributed by atoms with Crippen molar-refractivity contribution in [2.75, 3.05) is 9.71 Å². The van der Waals surface area contributed by atoms with Gasteiger partial charge in [0, 0.05) is 60.8 Å². The Bertz CT molecular complexity index is 4310. The number of hydrogen-bond acceptors (Lipinski definition) is 3. The Labute approximate surface area is 433 Å². The smallest absolute Gasteiger partial charge is 0.333 e. The van der Waals surface area contributed by atoms with E-state index >= 15 is 0 Å². The van der Waals surface area contributed by atoms with Crippen LogP contribution in [0.3, 0.4) is 0 Å². The molecule has 12 aromatic rings. The fourth-order valence-corrected chi connectivity index (χ4v) is 13.4. The summed E-state index contributed by atoms with van der Waals surface area (Å²) in [7, 11) is 0. The molecule has 2 aromatic heterocycles. The van der Waals surface area contributed by atoms with Gasteiger partial charge in [0.2, 0.25) is 0 Å². The van der Waals surface area contributed by atoms with Crippen LogP contribution in [0.25, 0.3) is 82.5 Å². The number of aromatic nitrogens is 1. The third-order valence-corrected chi connectivity index (χ3v) is 17.1. The minimum Gasteiger partial charge on any atom is -0.454 e. The molecule has 0 bridgehead atoms. The normalized spacial score (nSPS) is 14.3. The summed E-state index contributed by atoms with van der Waals surface area (Å²) < 4.78 is 9.77. The van der Waals surface area contributed by atoms with Gasteiger partial charge < -0.3 is 18.7 Å². The van der Waals surface area contributed by atoms with Gasteiger partial charge >= 0.3 is 6.85 Å². The Kier molecular flexibility index (Phi) is 8.73. The molecule has 4 heterocycles. The molecule has 0 saturated heterocycles. The monoisotopic (exact) mass is 953 g/mol. The van der Waals surface area contributed by atoms with E-state index in [1.54, 1.807) is 0 Å². The zero-order valence-corrected chi connectivity index (χ0v) is 43.3. The number of fused-ring (bicyclic) bond motifs is 16. The molecule has 10 aromatic carbocycles. The second kappa shape index (κ2) is 14.9. The molecule has 1 aliphatic carbocycles. The quantitative estimate of drug-likeness (QED) is 0.164. The molecular weight excluding hydrogens is 898 g/mol. The first-order valence-corrected chi connectivity index (χ1v) is 26.4. The lowest BCUT2D eigenvalue weighted by molar-refractivity contribution is 0.590. The van der Waals surface area contributed by atoms with Crippen LogP contribution in [-0.2, 0) is 16.2 Å². The lowest BCUT2D eigenvalue weighted by Gasteiger charge is -2.43. The van der Waals surface area contributed by atoms with Crippen molar-refractivity contribution < 1.29 is 4.42 Å². The first-order chi connectivity index (χ1) is 35.8. The fraction of sp³-hybridized carbons (Fsp3) is 0.159. The average molecular weight is 954 g/mol. The second-order valence-corrected chi connectivity index (χ2v) is 23.7. The molecule has 0 radical (unpaired) electrons. The zero-order chi connectivity index (χ0) is 50.2. The Morgan fingerprint density at radius 1 is 0.500 bits per heavy atom. The summed E-state index contributed by atoms with van der Waals surface area (Å²) in [6.07, 6.45) is 0. The molecular formula is C69H56BN3O. The summed E-state index contributed by atoms with van der Waals surface area (Å²) in [6, 6.07) is 73.4. The molecule has 0 saturated carbocycles. The second-order valence-electron chi connectivity index (χ2n) is 23.7. The standard InChI is InChI=1S/C69H56BN3O/c1-67(2,3)42-28-32-44(33-29-42)71(45-34-30-43(31-35-45)68(4,5)6)46-36-37-48-53-40-55-62(51-20-11-13-23-54(51)69(55,7)8)65-63(53)70(73(59(48)39-46)58-25-16-21-50-49-19-12-14-26-60(49)74-66(50)58)56-24-15-22-52-61-47-18-10-9-17-41(47)27-38-57(61)72(65)64(52)56/h9-40H,1-8H3. The molecule has 356 valence electrons. The zero-order valence-electron chi connectivity index (χ0n) is 43.3. The highest BCUT2D eigenvalue weighted by atomic mass is 16.3. The van der Waals surface area contributed by atoms with Crippen LogP contribution in [0, 0.1) is 0 Å². The summed E-state index contributed by atoms with van der Waals surface area (Å²) >= 11 is 0. The van der Waals surface area contributed by atoms with E-state index in [0.29, 0.717) is 0 Å². The number of benzene rings is 10. The SMILES string of the molecule is CC(C)(C)c1ccc(N(c2ccc(C(C)(C)C)cc2)c2ccc3c(c2)N(c2cccc4c2oc2ccccc24)B2c4c-3cc3c(c4-n4c5ccc6ccccc6c5c5cccc2c54)-c2ccccc2C3(C)C)cc1. The van der Waals surface area contributed by atoms with Crippen LogP contribution >= 0.6 is 0 Å². The summed E-state index contributed by atoms with van der Waals surface area (Å²) in [5, 5.41) is 7.33. The molecule has 5 heteroatoms. The van der Waals surface area contributed by atoms with Gasteiger partial charge in [0.25, 0.3) is 0 Å². The minimum atomic E-state index is -0.245. The lowest BCUT2D eigenvalue weighted by atomic mass is 9.43. The van der Waals surface area contributed by atoms with Crippen LogP contribution in [0.1, 0.15) is 77.6 Å². The number of furan rings is 1. The van der Waals surface area contributed by atoms with Crippen molar-refractivity contribution in [2.45, 2.75) is 71.6 Å². The molecule has 0 amide bonds. The van der Waals surface area contributed by atoms with Gasteiger partial charge in [-0.2, -0.15) is 0 Å². The largest absolute Gasteiger partial charge is 0.454 e. The van der Waals surface area contributed by atoms with Crippen molar-refractivity contribution in [3.63, 3.8) is 0 Å². The first kappa shape index (κ1) is 43.3. The van der Waals surface area contributed by atoms with Gasteiger partial charge in [0.1, 0.15) is 5.58 Å². The summed E-state index contributed by atoms with van der Waals surface area (Å²) in [5.74, 6) is 0. The van der Waals surface area contributed by atoms with E-state index in [4.69, 9.17) is 4.42 Å². The van der Waals surface area contributed by atoms with E-state index in [1.807, 2.05) is 0 Å². The molecule has 3 aliphatic rings. The highest BCUT2D eigenvalue weighted by molar-refractivity contribution is 6.94. The van der Waals surface area contributed by atoms with E-state index < -0.39 is 0 Å². The topological polar surface area (TPSA) is 24.6 Å². The Hall–Kier alpha value is -8.28. The van der Waals surface area contributed by atoms with E-state index in [9.17, 15) is 0 Å². The predicted octanol–water partition coefficient (Wildman–Crippen LogP) is 17.4. The molecule has 0 atom stereocenters. The average Bonchev–Trinajstić information content (AvgIpc) is 4.24. The van der Waals surface area contributed by atoms with Gasteiger partial charge in [-0.05, 0) is 127 Å². The maximum Gasteiger partial charge on any atom is 0.333 e. The molecule has 15 rings (SSSR count). The molecule has 74 heavy (non-hydrogen) atoms. The van der Waals surface area contributed by atoms with Crippen LogP contribution < -0.4 is 20.6 Å². The number of rotatable bonds is 4. The molecule has 2 aliphatic heterocycles. The number of hydrogen-bond donors (Lipinski definition) is 0.